The third kappa shape index (κ3) is 4.12. The number of nitrogens with zero attached hydrogens (tertiary/aromatic N) is 1. The van der Waals surface area contributed by atoms with Crippen LogP contribution < -0.4 is 10.6 Å². The van der Waals surface area contributed by atoms with Crippen LogP contribution in [0.4, 0.5) is 11.4 Å². The van der Waals surface area contributed by atoms with E-state index in [1.165, 1.54) is 18.7 Å². The summed E-state index contributed by atoms with van der Waals surface area (Å²) in [4.78, 5) is 28.2. The van der Waals surface area contributed by atoms with Gasteiger partial charge in [0.2, 0.25) is 5.91 Å². The minimum absolute atomic E-state index is 0.194. The van der Waals surface area contributed by atoms with Crippen LogP contribution in [-0.2, 0) is 9.53 Å². The second-order valence-electron chi connectivity index (χ2n) is 5.45. The van der Waals surface area contributed by atoms with Gasteiger partial charge in [-0.1, -0.05) is 30.0 Å². The number of carbonyl (C=O) groups is 2. The highest BCUT2D eigenvalue weighted by Gasteiger charge is 2.16. The first-order chi connectivity index (χ1) is 12.6. The molecule has 132 valence electrons. The third-order valence-electron chi connectivity index (χ3n) is 3.55. The number of anilines is 1. The summed E-state index contributed by atoms with van der Waals surface area (Å²) in [6.07, 6.45) is 0. The van der Waals surface area contributed by atoms with E-state index in [1.807, 2.05) is 24.3 Å². The van der Waals surface area contributed by atoms with Crippen molar-refractivity contribution in [2.45, 2.75) is 6.92 Å². The molecule has 3 rings (SSSR count). The molecule has 1 aliphatic heterocycles. The van der Waals surface area contributed by atoms with E-state index in [9.17, 15) is 9.59 Å². The van der Waals surface area contributed by atoms with Crippen LogP contribution in [0, 0.1) is 0 Å². The van der Waals surface area contributed by atoms with Crippen molar-refractivity contribution in [1.82, 2.24) is 5.32 Å². The lowest BCUT2D eigenvalue weighted by Gasteiger charge is -2.08. The van der Waals surface area contributed by atoms with E-state index >= 15 is 0 Å². The standard InChI is InChI=1S/C19H17N3O3S/c1-12(23)20-14-7-5-6-13(10-14)18(24)22-19-21-16-9-4-3-8-15(16)17(25-2)11-26-19/h3-11H,1-2H3,(H,20,23)(H,21,22,24). The molecular weight excluding hydrogens is 350 g/mol. The molecule has 7 heteroatoms. The van der Waals surface area contributed by atoms with Crippen molar-refractivity contribution in [3.8, 4) is 0 Å². The topological polar surface area (TPSA) is 79.8 Å². The molecule has 0 saturated carbocycles. The fourth-order valence-electron chi connectivity index (χ4n) is 2.41. The number of amidine groups is 1. The Balaban J connectivity index is 1.83. The van der Waals surface area contributed by atoms with Crippen molar-refractivity contribution in [3.05, 3.63) is 65.1 Å². The molecule has 2 aromatic rings. The first-order valence-corrected chi connectivity index (χ1v) is 8.72. The largest absolute Gasteiger partial charge is 0.495 e. The zero-order chi connectivity index (χ0) is 18.5. The molecule has 0 aromatic heterocycles. The first-order valence-electron chi connectivity index (χ1n) is 7.85. The van der Waals surface area contributed by atoms with Gasteiger partial charge in [0.15, 0.2) is 5.17 Å². The number of methoxy groups -OCH3 is 1. The number of thioether (sulfide) groups is 1. The van der Waals surface area contributed by atoms with Crippen LogP contribution in [0.2, 0.25) is 0 Å². The molecule has 0 atom stereocenters. The van der Waals surface area contributed by atoms with Gasteiger partial charge < -0.3 is 15.4 Å². The Kier molecular flexibility index (Phi) is 5.38. The Labute approximate surface area is 155 Å². The van der Waals surface area contributed by atoms with Gasteiger partial charge in [0, 0.05) is 29.1 Å². The predicted molar refractivity (Wildman–Crippen MR) is 104 cm³/mol. The molecule has 0 radical (unpaired) electrons. The summed E-state index contributed by atoms with van der Waals surface area (Å²) in [6, 6.07) is 14.3. The van der Waals surface area contributed by atoms with Crippen LogP contribution in [0.15, 0.2) is 58.9 Å². The highest BCUT2D eigenvalue weighted by molar-refractivity contribution is 8.16. The average molecular weight is 367 g/mol. The highest BCUT2D eigenvalue weighted by Crippen LogP contribution is 2.32. The first kappa shape index (κ1) is 17.8. The zero-order valence-corrected chi connectivity index (χ0v) is 15.1. The molecule has 2 amide bonds. The van der Waals surface area contributed by atoms with E-state index in [-0.39, 0.29) is 11.8 Å². The summed E-state index contributed by atoms with van der Waals surface area (Å²) >= 11 is 1.27. The van der Waals surface area contributed by atoms with E-state index in [0.29, 0.717) is 27.9 Å². The van der Waals surface area contributed by atoms with Crippen molar-refractivity contribution in [2.24, 2.45) is 4.99 Å². The monoisotopic (exact) mass is 367 g/mol. The van der Waals surface area contributed by atoms with Crippen LogP contribution in [0.5, 0.6) is 0 Å². The number of benzene rings is 2. The quantitative estimate of drug-likeness (QED) is 0.866. The van der Waals surface area contributed by atoms with Gasteiger partial charge in [0.25, 0.3) is 5.91 Å². The maximum absolute atomic E-state index is 12.6. The number of rotatable bonds is 3. The number of hydrogen-bond acceptors (Lipinski definition) is 5. The van der Waals surface area contributed by atoms with Gasteiger partial charge in [-0.25, -0.2) is 4.99 Å². The fraction of sp³-hybridized carbons (Fsp3) is 0.105. The van der Waals surface area contributed by atoms with Gasteiger partial charge in [0.1, 0.15) is 5.76 Å². The molecule has 2 aromatic carbocycles. The van der Waals surface area contributed by atoms with Gasteiger partial charge in [-0.05, 0) is 30.3 Å². The molecule has 1 aliphatic rings. The van der Waals surface area contributed by atoms with Crippen LogP contribution in [0.3, 0.4) is 0 Å². The Bertz CT molecular complexity index is 922. The normalized spacial score (nSPS) is 12.8. The van der Waals surface area contributed by atoms with E-state index in [0.717, 1.165) is 5.56 Å². The SMILES string of the molecule is COC1=CSC(NC(=O)c2cccc(NC(C)=O)c2)=Nc2ccccc21. The highest BCUT2D eigenvalue weighted by atomic mass is 32.2. The van der Waals surface area contributed by atoms with E-state index in [2.05, 4.69) is 15.6 Å². The molecule has 0 unspecified atom stereocenters. The molecule has 0 spiro atoms. The average Bonchev–Trinajstić information content (AvgIpc) is 2.80. The van der Waals surface area contributed by atoms with Crippen LogP contribution in [-0.4, -0.2) is 24.1 Å². The van der Waals surface area contributed by atoms with Crippen molar-refractivity contribution in [3.63, 3.8) is 0 Å². The van der Waals surface area contributed by atoms with Gasteiger partial charge >= 0.3 is 0 Å². The van der Waals surface area contributed by atoms with Gasteiger partial charge in [-0.3, -0.25) is 9.59 Å². The van der Waals surface area contributed by atoms with Crippen molar-refractivity contribution < 1.29 is 14.3 Å². The molecule has 0 bridgehead atoms. The Hall–Kier alpha value is -3.06. The lowest BCUT2D eigenvalue weighted by molar-refractivity contribution is -0.114. The third-order valence-corrected chi connectivity index (χ3v) is 4.30. The number of amides is 2. The van der Waals surface area contributed by atoms with E-state index in [1.54, 1.807) is 36.8 Å². The maximum Gasteiger partial charge on any atom is 0.257 e. The zero-order valence-electron chi connectivity index (χ0n) is 14.3. The summed E-state index contributed by atoms with van der Waals surface area (Å²) in [7, 11) is 1.60. The molecule has 0 saturated heterocycles. The van der Waals surface area contributed by atoms with Crippen molar-refractivity contribution in [2.75, 3.05) is 12.4 Å². The number of carbonyl (C=O) groups excluding carboxylic acids is 2. The smallest absolute Gasteiger partial charge is 0.257 e. The number of nitrogens with one attached hydrogen (secondary N) is 2. The van der Waals surface area contributed by atoms with Crippen molar-refractivity contribution in [1.29, 1.82) is 0 Å². The Morgan fingerprint density at radius 2 is 1.88 bits per heavy atom. The van der Waals surface area contributed by atoms with E-state index < -0.39 is 0 Å². The Morgan fingerprint density at radius 3 is 2.65 bits per heavy atom. The molecule has 0 aliphatic carbocycles. The number of aliphatic imine (C=N–C) groups is 1. The van der Waals surface area contributed by atoms with E-state index in [4.69, 9.17) is 4.74 Å². The maximum atomic E-state index is 12.6. The molecule has 26 heavy (non-hydrogen) atoms. The lowest BCUT2D eigenvalue weighted by Crippen LogP contribution is -2.28. The van der Waals surface area contributed by atoms with Gasteiger partial charge in [0.05, 0.1) is 12.8 Å². The minimum atomic E-state index is -0.310. The number of para-hydroxylation sites is 1. The fourth-order valence-corrected chi connectivity index (χ4v) is 3.16. The molecule has 2 N–H and O–H groups in total. The predicted octanol–water partition coefficient (Wildman–Crippen LogP) is 3.75. The summed E-state index contributed by atoms with van der Waals surface area (Å²) in [5, 5.41) is 7.71. The summed E-state index contributed by atoms with van der Waals surface area (Å²) in [5.41, 5.74) is 2.56. The van der Waals surface area contributed by atoms with Crippen molar-refractivity contribution >= 4 is 45.9 Å². The summed E-state index contributed by atoms with van der Waals surface area (Å²) < 4.78 is 5.40. The second kappa shape index (κ2) is 7.88. The van der Waals surface area contributed by atoms with Crippen LogP contribution >= 0.6 is 11.8 Å². The molecule has 0 fully saturated rings. The minimum Gasteiger partial charge on any atom is -0.495 e. The number of hydrogen-bond donors (Lipinski definition) is 2. The van der Waals surface area contributed by atoms with Gasteiger partial charge in [-0.2, -0.15) is 0 Å². The number of ether oxygens (including phenoxy) is 1. The Morgan fingerprint density at radius 1 is 1.08 bits per heavy atom. The lowest BCUT2D eigenvalue weighted by atomic mass is 10.1. The van der Waals surface area contributed by atoms with Crippen LogP contribution in [0.25, 0.3) is 5.76 Å². The molecular formula is C19H17N3O3S. The summed E-state index contributed by atoms with van der Waals surface area (Å²) in [5.74, 6) is 0.182. The summed E-state index contributed by atoms with van der Waals surface area (Å²) in [6.45, 7) is 1.42. The van der Waals surface area contributed by atoms with Crippen LogP contribution in [0.1, 0.15) is 22.8 Å². The molecule has 6 nitrogen and oxygen atoms in total. The second-order valence-corrected chi connectivity index (χ2v) is 6.31. The molecule has 1 heterocycles. The number of fused-ring (bicyclic) bond motifs is 1. The van der Waals surface area contributed by atoms with Gasteiger partial charge in [-0.15, -0.1) is 0 Å².